The van der Waals surface area contributed by atoms with Crippen LogP contribution in [0.2, 0.25) is 0 Å². The Kier molecular flexibility index (Phi) is 6.23. The molecule has 0 aromatic heterocycles. The molecule has 7 heteroatoms. The van der Waals surface area contributed by atoms with E-state index in [9.17, 15) is 14.4 Å². The summed E-state index contributed by atoms with van der Waals surface area (Å²) in [6.07, 6.45) is 1.37. The largest absolute Gasteiger partial charge is 0.497 e. The van der Waals surface area contributed by atoms with E-state index < -0.39 is 11.6 Å². The summed E-state index contributed by atoms with van der Waals surface area (Å²) in [5.41, 5.74) is -0.0319. The monoisotopic (exact) mass is 361 g/mol. The third-order valence-corrected chi connectivity index (χ3v) is 4.52. The van der Waals surface area contributed by atoms with E-state index in [4.69, 9.17) is 4.74 Å². The first-order valence-electron chi connectivity index (χ1n) is 8.79. The number of carbonyl (C=O) groups is 3. The average molecular weight is 361 g/mol. The van der Waals surface area contributed by atoms with E-state index in [-0.39, 0.29) is 18.4 Å². The molecule has 0 aliphatic carbocycles. The van der Waals surface area contributed by atoms with Crippen LogP contribution in [0, 0.1) is 5.92 Å². The van der Waals surface area contributed by atoms with Gasteiger partial charge in [0.15, 0.2) is 0 Å². The number of nitrogens with zero attached hydrogens (tertiary/aromatic N) is 1. The first-order valence-corrected chi connectivity index (χ1v) is 8.79. The third-order valence-electron chi connectivity index (χ3n) is 4.52. The number of ether oxygens (including phenoxy) is 1. The number of nitrogens with one attached hydrogen (secondary N) is 2. The van der Waals surface area contributed by atoms with E-state index in [0.29, 0.717) is 18.9 Å². The zero-order chi connectivity index (χ0) is 19.3. The molecule has 0 bridgehead atoms. The van der Waals surface area contributed by atoms with E-state index in [0.717, 1.165) is 22.6 Å². The van der Waals surface area contributed by atoms with Crippen molar-refractivity contribution in [3.8, 4) is 5.75 Å². The van der Waals surface area contributed by atoms with Crippen LogP contribution in [0.1, 0.15) is 39.2 Å². The van der Waals surface area contributed by atoms with Crippen LogP contribution in [-0.4, -0.2) is 41.9 Å². The van der Waals surface area contributed by atoms with Crippen molar-refractivity contribution < 1.29 is 19.1 Å². The predicted molar refractivity (Wildman–Crippen MR) is 97.6 cm³/mol. The van der Waals surface area contributed by atoms with Crippen molar-refractivity contribution in [2.45, 2.75) is 45.7 Å². The van der Waals surface area contributed by atoms with Gasteiger partial charge in [0.25, 0.3) is 5.91 Å². The van der Waals surface area contributed by atoms with Crippen LogP contribution in [0.15, 0.2) is 24.3 Å². The molecular weight excluding hydrogens is 334 g/mol. The maximum atomic E-state index is 12.6. The van der Waals surface area contributed by atoms with Crippen LogP contribution in [0.3, 0.4) is 0 Å². The van der Waals surface area contributed by atoms with Gasteiger partial charge in [0.05, 0.1) is 7.11 Å². The van der Waals surface area contributed by atoms with Gasteiger partial charge < -0.3 is 15.4 Å². The highest BCUT2D eigenvalue weighted by molar-refractivity contribution is 6.08. The van der Waals surface area contributed by atoms with Crippen LogP contribution in [0.5, 0.6) is 5.75 Å². The summed E-state index contributed by atoms with van der Waals surface area (Å²) in [7, 11) is 1.59. The number of carbonyl (C=O) groups excluding carboxylic acids is 3. The number of methoxy groups -OCH3 is 1. The van der Waals surface area contributed by atoms with Gasteiger partial charge in [-0.15, -0.1) is 0 Å². The molecule has 1 atom stereocenters. The van der Waals surface area contributed by atoms with Crippen molar-refractivity contribution in [3.63, 3.8) is 0 Å². The van der Waals surface area contributed by atoms with Crippen molar-refractivity contribution in [1.29, 1.82) is 0 Å². The minimum atomic E-state index is -0.933. The minimum Gasteiger partial charge on any atom is -0.497 e. The van der Waals surface area contributed by atoms with Gasteiger partial charge in [-0.1, -0.05) is 26.0 Å². The molecule has 1 aliphatic rings. The highest BCUT2D eigenvalue weighted by Gasteiger charge is 2.47. The zero-order valence-electron chi connectivity index (χ0n) is 15.8. The molecule has 1 aromatic carbocycles. The molecule has 142 valence electrons. The number of rotatable bonds is 8. The molecule has 1 aromatic rings. The molecule has 0 spiro atoms. The second-order valence-electron chi connectivity index (χ2n) is 7.21. The fraction of sp³-hybridized carbons (Fsp3) is 0.526. The molecule has 1 heterocycles. The predicted octanol–water partition coefficient (Wildman–Crippen LogP) is 2.06. The van der Waals surface area contributed by atoms with Crippen LogP contribution in [0.4, 0.5) is 4.79 Å². The Hall–Kier alpha value is -2.57. The number of urea groups is 1. The Balaban J connectivity index is 1.89. The SMILES string of the molecule is COc1ccc(CNC(=O)CN2C(=O)N[C@](C)(CCC(C)C)C2=O)cc1. The Morgan fingerprint density at radius 3 is 2.50 bits per heavy atom. The molecule has 1 saturated heterocycles. The Morgan fingerprint density at radius 2 is 1.92 bits per heavy atom. The lowest BCUT2D eigenvalue weighted by molar-refractivity contribution is -0.134. The van der Waals surface area contributed by atoms with Gasteiger partial charge in [-0.25, -0.2) is 4.79 Å². The Labute approximate surface area is 154 Å². The molecule has 0 radical (unpaired) electrons. The van der Waals surface area contributed by atoms with Gasteiger partial charge in [0.2, 0.25) is 5.91 Å². The molecule has 7 nitrogen and oxygen atoms in total. The summed E-state index contributed by atoms with van der Waals surface area (Å²) < 4.78 is 5.09. The van der Waals surface area contributed by atoms with Crippen molar-refractivity contribution >= 4 is 17.8 Å². The standard InChI is InChI=1S/C19H27N3O4/c1-13(2)9-10-19(3)17(24)22(18(25)21-19)12-16(23)20-11-14-5-7-15(26-4)8-6-14/h5-8,13H,9-12H2,1-4H3,(H,20,23)(H,21,25)/t19-/m1/s1. The molecule has 1 aliphatic heterocycles. The normalized spacial score (nSPS) is 19.7. The molecule has 0 saturated carbocycles. The van der Waals surface area contributed by atoms with Crippen LogP contribution in [0.25, 0.3) is 0 Å². The Bertz CT molecular complexity index is 672. The van der Waals surface area contributed by atoms with Gasteiger partial charge >= 0.3 is 6.03 Å². The van der Waals surface area contributed by atoms with E-state index in [1.165, 1.54) is 0 Å². The van der Waals surface area contributed by atoms with Crippen molar-refractivity contribution in [2.75, 3.05) is 13.7 Å². The number of hydrogen-bond acceptors (Lipinski definition) is 4. The smallest absolute Gasteiger partial charge is 0.325 e. The van der Waals surface area contributed by atoms with Gasteiger partial charge in [-0.05, 0) is 43.4 Å². The summed E-state index contributed by atoms with van der Waals surface area (Å²) in [5, 5.41) is 5.45. The molecule has 0 unspecified atom stereocenters. The second-order valence-corrected chi connectivity index (χ2v) is 7.21. The second kappa shape index (κ2) is 8.21. The van der Waals surface area contributed by atoms with Gasteiger partial charge in [0, 0.05) is 6.54 Å². The molecule has 2 N–H and O–H groups in total. The zero-order valence-corrected chi connectivity index (χ0v) is 15.8. The van der Waals surface area contributed by atoms with Gasteiger partial charge in [-0.2, -0.15) is 0 Å². The lowest BCUT2D eigenvalue weighted by Gasteiger charge is -2.22. The highest BCUT2D eigenvalue weighted by atomic mass is 16.5. The van der Waals surface area contributed by atoms with Crippen LogP contribution < -0.4 is 15.4 Å². The van der Waals surface area contributed by atoms with E-state index in [2.05, 4.69) is 24.5 Å². The maximum Gasteiger partial charge on any atom is 0.325 e. The Morgan fingerprint density at radius 1 is 1.27 bits per heavy atom. The molecule has 1 fully saturated rings. The van der Waals surface area contributed by atoms with E-state index in [1.54, 1.807) is 26.2 Å². The summed E-state index contributed by atoms with van der Waals surface area (Å²) >= 11 is 0. The summed E-state index contributed by atoms with van der Waals surface area (Å²) in [6.45, 7) is 5.88. The van der Waals surface area contributed by atoms with Crippen molar-refractivity contribution in [3.05, 3.63) is 29.8 Å². The molecule has 26 heavy (non-hydrogen) atoms. The average Bonchev–Trinajstić information content (AvgIpc) is 2.82. The highest BCUT2D eigenvalue weighted by Crippen LogP contribution is 2.24. The van der Waals surface area contributed by atoms with E-state index >= 15 is 0 Å². The molecule has 2 rings (SSSR count). The first kappa shape index (κ1) is 19.8. The molecule has 4 amide bonds. The van der Waals surface area contributed by atoms with Gasteiger partial charge in [-0.3, -0.25) is 14.5 Å². The van der Waals surface area contributed by atoms with Crippen molar-refractivity contribution in [1.82, 2.24) is 15.5 Å². The quantitative estimate of drug-likeness (QED) is 0.694. The lowest BCUT2D eigenvalue weighted by atomic mass is 9.92. The third kappa shape index (κ3) is 4.74. The minimum absolute atomic E-state index is 0.280. The number of benzene rings is 1. The fourth-order valence-corrected chi connectivity index (χ4v) is 2.78. The maximum absolute atomic E-state index is 12.6. The van der Waals surface area contributed by atoms with Crippen molar-refractivity contribution in [2.24, 2.45) is 5.92 Å². The summed E-state index contributed by atoms with van der Waals surface area (Å²) in [5.74, 6) is 0.443. The summed E-state index contributed by atoms with van der Waals surface area (Å²) in [6, 6.07) is 6.78. The number of hydrogen-bond donors (Lipinski definition) is 2. The number of imide groups is 1. The first-order chi connectivity index (χ1) is 12.2. The van der Waals surface area contributed by atoms with Crippen LogP contribution in [-0.2, 0) is 16.1 Å². The topological polar surface area (TPSA) is 87.7 Å². The van der Waals surface area contributed by atoms with Gasteiger partial charge in [0.1, 0.15) is 17.8 Å². The van der Waals surface area contributed by atoms with Crippen LogP contribution >= 0.6 is 0 Å². The lowest BCUT2D eigenvalue weighted by Crippen LogP contribution is -2.45. The molecular formula is C19H27N3O4. The summed E-state index contributed by atoms with van der Waals surface area (Å²) in [4.78, 5) is 37.8. The fourth-order valence-electron chi connectivity index (χ4n) is 2.78. The van der Waals surface area contributed by atoms with E-state index in [1.807, 2.05) is 12.1 Å². The number of amides is 4.